The number of amides is 5. The molecule has 1 aromatic heterocycles. The summed E-state index contributed by atoms with van der Waals surface area (Å²) in [6.07, 6.45) is 4.80. The molecule has 5 heterocycles. The number of methoxy groups -OCH3 is 1. The molecule has 396 valence electrons. The molecule has 4 atom stereocenters. The highest BCUT2D eigenvalue weighted by Gasteiger charge is 2.44. The number of nitrogens with zero attached hydrogens (tertiary/aromatic N) is 7. The van der Waals surface area contributed by atoms with Crippen molar-refractivity contribution in [2.75, 3.05) is 73.4 Å². The first-order chi connectivity index (χ1) is 36.0. The van der Waals surface area contributed by atoms with E-state index in [1.165, 1.54) is 11.0 Å². The first-order valence-corrected chi connectivity index (χ1v) is 26.5. The maximum atomic E-state index is 14.1. The molecule has 19 heteroatoms. The van der Waals surface area contributed by atoms with Gasteiger partial charge in [0.25, 0.3) is 5.91 Å². The van der Waals surface area contributed by atoms with Gasteiger partial charge in [0.2, 0.25) is 29.6 Å². The highest BCUT2D eigenvalue weighted by Crippen LogP contribution is 2.34. The number of piperazine rings is 1. The number of aliphatic hydroxyl groups is 1. The molecule has 75 heavy (non-hydrogen) atoms. The Kier molecular flexibility index (Phi) is 17.3. The summed E-state index contributed by atoms with van der Waals surface area (Å²) in [6.45, 7) is 18.1. The molecule has 4 aliphatic rings. The number of likely N-dealkylation sites (tertiary alicyclic amines) is 1. The lowest BCUT2D eigenvalue weighted by Crippen LogP contribution is -2.57. The van der Waals surface area contributed by atoms with Crippen LogP contribution in [0.4, 0.5) is 22.7 Å². The largest absolute Gasteiger partial charge is 0.494 e. The minimum atomic E-state index is -0.874. The van der Waals surface area contributed by atoms with Crippen LogP contribution in [-0.4, -0.2) is 132 Å². The maximum absolute atomic E-state index is 14.1. The number of carbonyl (C=O) groups excluding carboxylic acids is 5. The Hall–Kier alpha value is -7.22. The molecule has 0 aliphatic carbocycles. The van der Waals surface area contributed by atoms with Crippen molar-refractivity contribution in [1.82, 2.24) is 25.4 Å². The molecule has 18 nitrogen and oxygen atoms in total. The number of anilines is 4. The van der Waals surface area contributed by atoms with Gasteiger partial charge in [-0.05, 0) is 86.2 Å². The van der Waals surface area contributed by atoms with Crippen molar-refractivity contribution >= 4 is 75.4 Å². The van der Waals surface area contributed by atoms with Gasteiger partial charge in [-0.15, -0.1) is 11.3 Å². The van der Waals surface area contributed by atoms with Crippen LogP contribution < -0.4 is 35.8 Å². The first-order valence-electron chi connectivity index (χ1n) is 25.7. The number of aryl methyl sites for hydroxylation is 1. The summed E-state index contributed by atoms with van der Waals surface area (Å²) >= 11 is 1.58. The summed E-state index contributed by atoms with van der Waals surface area (Å²) in [7, 11) is 1.62. The van der Waals surface area contributed by atoms with E-state index in [-0.39, 0.29) is 61.4 Å². The van der Waals surface area contributed by atoms with Crippen molar-refractivity contribution < 1.29 is 33.8 Å². The lowest BCUT2D eigenvalue weighted by molar-refractivity contribution is -0.144. The second-order valence-corrected chi connectivity index (χ2v) is 21.4. The van der Waals surface area contributed by atoms with E-state index in [1.54, 1.807) is 53.7 Å². The predicted octanol–water partition coefficient (Wildman–Crippen LogP) is 6.53. The highest BCUT2D eigenvalue weighted by atomic mass is 32.1. The Bertz CT molecular complexity index is 2860. The van der Waals surface area contributed by atoms with Gasteiger partial charge in [0.05, 0.1) is 53.1 Å². The number of hydrogen-bond donors (Lipinski definition) is 5. The summed E-state index contributed by atoms with van der Waals surface area (Å²) in [5.41, 5.74) is 7.79. The number of rotatable bonds is 18. The Morgan fingerprint density at radius 3 is 2.45 bits per heavy atom. The number of aromatic nitrogens is 1. The van der Waals surface area contributed by atoms with E-state index >= 15 is 0 Å². The Morgan fingerprint density at radius 1 is 0.973 bits per heavy atom. The number of ether oxygens (including phenoxy) is 1. The van der Waals surface area contributed by atoms with Crippen molar-refractivity contribution in [1.29, 1.82) is 0 Å². The third-order valence-corrected chi connectivity index (χ3v) is 15.1. The topological polar surface area (TPSA) is 213 Å². The molecule has 3 aromatic carbocycles. The summed E-state index contributed by atoms with van der Waals surface area (Å²) < 4.78 is 5.85. The molecule has 0 saturated carbocycles. The first kappa shape index (κ1) is 54.1. The van der Waals surface area contributed by atoms with Gasteiger partial charge in [-0.2, -0.15) is 4.99 Å². The molecule has 2 fully saturated rings. The van der Waals surface area contributed by atoms with Crippen LogP contribution in [0.2, 0.25) is 0 Å². The fourth-order valence-corrected chi connectivity index (χ4v) is 10.7. The maximum Gasteiger partial charge on any atom is 0.256 e. The van der Waals surface area contributed by atoms with Gasteiger partial charge in [0, 0.05) is 75.6 Å². The van der Waals surface area contributed by atoms with Gasteiger partial charge in [-0.1, -0.05) is 69.7 Å². The highest BCUT2D eigenvalue weighted by molar-refractivity contribution is 7.13. The van der Waals surface area contributed by atoms with Crippen LogP contribution in [0.25, 0.3) is 10.4 Å². The number of aliphatic hydroxyl groups excluding tert-OH is 1. The van der Waals surface area contributed by atoms with Crippen molar-refractivity contribution in [3.63, 3.8) is 0 Å². The average molecular weight is 1040 g/mol. The molecule has 5 amide bonds. The average Bonchev–Trinajstić information content (AvgIpc) is 4.02. The number of β-amino-alcohol motifs (C(OH)–C–C–N with tert-alkyl or cyclic N) is 1. The van der Waals surface area contributed by atoms with Crippen LogP contribution in [0.15, 0.2) is 107 Å². The van der Waals surface area contributed by atoms with E-state index in [0.29, 0.717) is 47.6 Å². The van der Waals surface area contributed by atoms with E-state index in [9.17, 15) is 29.1 Å². The van der Waals surface area contributed by atoms with Gasteiger partial charge < -0.3 is 40.9 Å². The number of amidine groups is 1. The molecule has 0 spiro atoms. The van der Waals surface area contributed by atoms with Crippen LogP contribution in [0.3, 0.4) is 0 Å². The monoisotopic (exact) mass is 1040 g/mol. The number of thiazole rings is 1. The fourth-order valence-electron chi connectivity index (χ4n) is 9.89. The minimum absolute atomic E-state index is 0.0195. The molecule has 2 saturated heterocycles. The third kappa shape index (κ3) is 13.2. The van der Waals surface area contributed by atoms with Crippen LogP contribution in [-0.2, 0) is 30.5 Å². The Labute approximate surface area is 443 Å². The van der Waals surface area contributed by atoms with Gasteiger partial charge in [-0.3, -0.25) is 33.8 Å². The number of hydrogen-bond acceptors (Lipinski definition) is 14. The summed E-state index contributed by atoms with van der Waals surface area (Å²) in [4.78, 5) is 89.3. The number of fused-ring (bicyclic) bond motifs is 1. The van der Waals surface area contributed by atoms with Crippen LogP contribution in [0, 0.1) is 18.3 Å². The lowest BCUT2D eigenvalue weighted by Gasteiger charge is -2.36. The predicted molar refractivity (Wildman–Crippen MR) is 295 cm³/mol. The molecule has 5 N–H and O–H groups in total. The molecule has 4 aliphatic heterocycles. The zero-order valence-electron chi connectivity index (χ0n) is 43.7. The second-order valence-electron chi connectivity index (χ2n) is 20.6. The number of nitrogens with one attached hydrogen (secondary N) is 4. The SMILES string of the molecule is C=CC(=O)Nc1cccc(N2C(=O)C=C(C)C3CN=C(Nc4ccc(N5CCN(CCCCCC(=O)NC(C(=O)N6CC(O)CC6C(=O)NCc6ccc(-c7scnc7C)cc6)C(C)(C)C)CC5)cc4OC)N=C32)c1. The summed E-state index contributed by atoms with van der Waals surface area (Å²) in [5.74, 6) is -0.204. The van der Waals surface area contributed by atoms with Crippen molar-refractivity contribution in [2.45, 2.75) is 91.5 Å². The van der Waals surface area contributed by atoms with E-state index in [2.05, 4.69) is 42.6 Å². The molecular formula is C56H69N11O7S. The normalized spacial score (nSPS) is 19.3. The van der Waals surface area contributed by atoms with E-state index in [4.69, 9.17) is 14.7 Å². The molecule has 4 aromatic rings. The molecule has 8 rings (SSSR count). The zero-order chi connectivity index (χ0) is 53.4. The van der Waals surface area contributed by atoms with Gasteiger partial charge >= 0.3 is 0 Å². The van der Waals surface area contributed by atoms with E-state index in [0.717, 1.165) is 78.5 Å². The lowest BCUT2D eigenvalue weighted by atomic mass is 9.85. The second kappa shape index (κ2) is 24.0. The summed E-state index contributed by atoms with van der Waals surface area (Å²) in [5, 5.41) is 22.7. The smallest absolute Gasteiger partial charge is 0.256 e. The number of guanidine groups is 1. The standard InChI is InChI=1S/C56H69N11O7S/c1-8-47(69)60-39-13-12-14-41(28-39)67-49(71)27-35(2)43-32-58-55(63-52(43)67)61-44-21-20-40(29-46(44)74-7)65-25-23-64(24-26-65)22-11-9-10-15-48(70)62-51(56(4,5)6)54(73)66-33-42(68)30-45(66)53(72)57-31-37-16-18-38(19-17-37)50-36(3)59-34-75-50/h8,12-14,16-21,27-29,34,42-43,45,51,68H,1,9-11,15,22-26,30-33H2,2-7H3,(H,57,72)(H,58,61)(H,60,69)(H,62,70). The number of benzene rings is 3. The molecule has 4 unspecified atom stereocenters. The third-order valence-electron chi connectivity index (χ3n) is 14.1. The number of carbonyl (C=O) groups is 5. The van der Waals surface area contributed by atoms with E-state index in [1.807, 2.05) is 82.6 Å². The van der Waals surface area contributed by atoms with Crippen LogP contribution in [0.1, 0.15) is 71.1 Å². The van der Waals surface area contributed by atoms with Crippen LogP contribution in [0.5, 0.6) is 5.75 Å². The van der Waals surface area contributed by atoms with Crippen molar-refractivity contribution in [3.05, 3.63) is 108 Å². The number of unbranched alkanes of at least 4 members (excludes halogenated alkanes) is 2. The molecular weight excluding hydrogens is 971 g/mol. The minimum Gasteiger partial charge on any atom is -0.494 e. The zero-order valence-corrected chi connectivity index (χ0v) is 44.5. The number of aliphatic imine (C=N–C) groups is 2. The fraction of sp³-hybridized carbons (Fsp3) is 0.429. The molecule has 0 radical (unpaired) electrons. The quantitative estimate of drug-likeness (QED) is 0.0534. The Morgan fingerprint density at radius 2 is 1.75 bits per heavy atom. The van der Waals surface area contributed by atoms with E-state index < -0.39 is 23.6 Å². The van der Waals surface area contributed by atoms with Crippen LogP contribution >= 0.6 is 11.3 Å². The van der Waals surface area contributed by atoms with Crippen molar-refractivity contribution in [3.8, 4) is 16.2 Å². The molecule has 0 bridgehead atoms. The Balaban J connectivity index is 0.777. The van der Waals surface area contributed by atoms with Crippen molar-refractivity contribution in [2.24, 2.45) is 21.3 Å². The summed E-state index contributed by atoms with van der Waals surface area (Å²) in [6, 6.07) is 19.2. The van der Waals surface area contributed by atoms with Gasteiger partial charge in [0.15, 0.2) is 0 Å². The van der Waals surface area contributed by atoms with Gasteiger partial charge in [0.1, 0.15) is 23.7 Å². The van der Waals surface area contributed by atoms with Gasteiger partial charge in [-0.25, -0.2) is 9.98 Å².